The van der Waals surface area contributed by atoms with Crippen LogP contribution in [0, 0.1) is 6.92 Å². The Morgan fingerprint density at radius 3 is 2.90 bits per heavy atom. The van der Waals surface area contributed by atoms with Gasteiger partial charge in [-0.05, 0) is 47.8 Å². The van der Waals surface area contributed by atoms with Crippen molar-refractivity contribution in [3.63, 3.8) is 0 Å². The van der Waals surface area contributed by atoms with Crippen LogP contribution in [0.4, 0.5) is 0 Å². The minimum Gasteiger partial charge on any atom is -0.349 e. The lowest BCUT2D eigenvalue weighted by atomic mass is 9.95. The van der Waals surface area contributed by atoms with Crippen LogP contribution in [0.15, 0.2) is 22.9 Å². The van der Waals surface area contributed by atoms with Crippen molar-refractivity contribution < 1.29 is 4.79 Å². The molecular weight excluding hydrogens is 318 g/mol. The minimum atomic E-state index is -0.0139. The van der Waals surface area contributed by atoms with E-state index >= 15 is 0 Å². The van der Waals surface area contributed by atoms with E-state index in [0.29, 0.717) is 17.3 Å². The van der Waals surface area contributed by atoms with Gasteiger partial charge in [0.2, 0.25) is 0 Å². The Kier molecular flexibility index (Phi) is 3.78. The number of fused-ring (bicyclic) bond motifs is 1. The number of rotatable bonds is 2. The van der Waals surface area contributed by atoms with Crippen LogP contribution in [0.25, 0.3) is 5.65 Å². The SMILES string of the molecule is Cc1nc2c(C(=O)NC3CCCCC3)cccn2c1Br. The lowest BCUT2D eigenvalue weighted by Crippen LogP contribution is -2.36. The summed E-state index contributed by atoms with van der Waals surface area (Å²) in [6, 6.07) is 4.04. The first-order valence-electron chi connectivity index (χ1n) is 7.11. The van der Waals surface area contributed by atoms with Gasteiger partial charge in [0.1, 0.15) is 4.60 Å². The highest BCUT2D eigenvalue weighted by atomic mass is 79.9. The van der Waals surface area contributed by atoms with Gasteiger partial charge in [-0.2, -0.15) is 0 Å². The van der Waals surface area contributed by atoms with E-state index in [1.54, 1.807) is 0 Å². The summed E-state index contributed by atoms with van der Waals surface area (Å²) < 4.78 is 2.81. The molecule has 2 aromatic heterocycles. The van der Waals surface area contributed by atoms with Gasteiger partial charge in [0.25, 0.3) is 5.91 Å². The average molecular weight is 336 g/mol. The van der Waals surface area contributed by atoms with E-state index in [-0.39, 0.29) is 5.91 Å². The van der Waals surface area contributed by atoms with Gasteiger partial charge in [0.05, 0.1) is 11.3 Å². The molecule has 0 aromatic carbocycles. The van der Waals surface area contributed by atoms with Gasteiger partial charge in [-0.15, -0.1) is 0 Å². The quantitative estimate of drug-likeness (QED) is 0.913. The van der Waals surface area contributed by atoms with E-state index in [1.165, 1.54) is 19.3 Å². The van der Waals surface area contributed by atoms with E-state index in [2.05, 4.69) is 26.2 Å². The second-order valence-electron chi connectivity index (χ2n) is 5.41. The predicted molar refractivity (Wildman–Crippen MR) is 82.0 cm³/mol. The van der Waals surface area contributed by atoms with Crippen molar-refractivity contribution >= 4 is 27.5 Å². The molecule has 0 aliphatic heterocycles. The van der Waals surface area contributed by atoms with Gasteiger partial charge in [-0.3, -0.25) is 9.20 Å². The number of aromatic nitrogens is 2. The van der Waals surface area contributed by atoms with Crippen molar-refractivity contribution in [3.8, 4) is 0 Å². The fourth-order valence-electron chi connectivity index (χ4n) is 2.84. The molecule has 1 fully saturated rings. The van der Waals surface area contributed by atoms with Crippen LogP contribution in [0.1, 0.15) is 48.2 Å². The lowest BCUT2D eigenvalue weighted by molar-refractivity contribution is 0.0929. The van der Waals surface area contributed by atoms with Crippen LogP contribution in [-0.2, 0) is 0 Å². The Hall–Kier alpha value is -1.36. The number of nitrogens with zero attached hydrogens (tertiary/aromatic N) is 2. The number of halogens is 1. The number of imidazole rings is 1. The molecule has 0 radical (unpaired) electrons. The van der Waals surface area contributed by atoms with Crippen LogP contribution < -0.4 is 5.32 Å². The van der Waals surface area contributed by atoms with Crippen LogP contribution in [0.3, 0.4) is 0 Å². The van der Waals surface area contributed by atoms with Gasteiger partial charge in [-0.25, -0.2) is 4.98 Å². The third-order valence-corrected chi connectivity index (χ3v) is 4.89. The first-order chi connectivity index (χ1) is 9.66. The number of carbonyl (C=O) groups is 1. The van der Waals surface area contributed by atoms with Crippen molar-refractivity contribution in [3.05, 3.63) is 34.2 Å². The number of aryl methyl sites for hydroxylation is 1. The average Bonchev–Trinajstić information content (AvgIpc) is 2.75. The number of amides is 1. The summed E-state index contributed by atoms with van der Waals surface area (Å²) in [5.41, 5.74) is 2.25. The molecule has 20 heavy (non-hydrogen) atoms. The third-order valence-electron chi connectivity index (χ3n) is 3.94. The maximum atomic E-state index is 12.5. The molecule has 0 saturated heterocycles. The van der Waals surface area contributed by atoms with E-state index in [1.807, 2.05) is 29.7 Å². The lowest BCUT2D eigenvalue weighted by Gasteiger charge is -2.22. The monoisotopic (exact) mass is 335 g/mol. The van der Waals surface area contributed by atoms with Gasteiger partial charge in [0, 0.05) is 12.2 Å². The van der Waals surface area contributed by atoms with Crippen LogP contribution in [-0.4, -0.2) is 21.3 Å². The van der Waals surface area contributed by atoms with Crippen LogP contribution >= 0.6 is 15.9 Å². The standard InChI is InChI=1S/C15H18BrN3O/c1-10-13(16)19-9-5-8-12(14(19)17-10)15(20)18-11-6-3-2-4-7-11/h5,8-9,11H,2-4,6-7H2,1H3,(H,18,20). The first kappa shape index (κ1) is 13.6. The molecule has 3 rings (SSSR count). The summed E-state index contributed by atoms with van der Waals surface area (Å²) >= 11 is 3.50. The molecule has 0 bridgehead atoms. The zero-order valence-corrected chi connectivity index (χ0v) is 13.1. The number of hydrogen-bond donors (Lipinski definition) is 1. The molecule has 1 aliphatic carbocycles. The van der Waals surface area contributed by atoms with Crippen molar-refractivity contribution in [2.45, 2.75) is 45.1 Å². The summed E-state index contributed by atoms with van der Waals surface area (Å²) in [6.45, 7) is 1.93. The van der Waals surface area contributed by atoms with Crippen molar-refractivity contribution in [1.82, 2.24) is 14.7 Å². The highest BCUT2D eigenvalue weighted by Crippen LogP contribution is 2.22. The van der Waals surface area contributed by atoms with E-state index < -0.39 is 0 Å². The molecule has 1 saturated carbocycles. The molecule has 1 aliphatic rings. The molecule has 0 spiro atoms. The molecule has 1 amide bonds. The van der Waals surface area contributed by atoms with Gasteiger partial charge < -0.3 is 5.32 Å². The van der Waals surface area contributed by atoms with E-state index in [9.17, 15) is 4.79 Å². The highest BCUT2D eigenvalue weighted by Gasteiger charge is 2.19. The zero-order chi connectivity index (χ0) is 14.1. The van der Waals surface area contributed by atoms with Crippen molar-refractivity contribution in [2.24, 2.45) is 0 Å². The number of pyridine rings is 1. The Labute approximate surface area is 126 Å². The number of nitrogens with one attached hydrogen (secondary N) is 1. The minimum absolute atomic E-state index is 0.0139. The van der Waals surface area contributed by atoms with Crippen molar-refractivity contribution in [2.75, 3.05) is 0 Å². The normalized spacial score (nSPS) is 16.5. The summed E-state index contributed by atoms with van der Waals surface area (Å²) in [4.78, 5) is 16.9. The number of carbonyl (C=O) groups excluding carboxylic acids is 1. The molecule has 106 valence electrons. The first-order valence-corrected chi connectivity index (χ1v) is 7.90. The van der Waals surface area contributed by atoms with E-state index in [0.717, 1.165) is 23.1 Å². The van der Waals surface area contributed by atoms with Gasteiger partial charge >= 0.3 is 0 Å². The fourth-order valence-corrected chi connectivity index (χ4v) is 3.21. The largest absolute Gasteiger partial charge is 0.349 e. The third kappa shape index (κ3) is 2.46. The Bertz CT molecular complexity index is 644. The summed E-state index contributed by atoms with van der Waals surface area (Å²) in [5, 5.41) is 3.15. The summed E-state index contributed by atoms with van der Waals surface area (Å²) in [7, 11) is 0. The second kappa shape index (κ2) is 5.56. The highest BCUT2D eigenvalue weighted by molar-refractivity contribution is 9.10. The van der Waals surface area contributed by atoms with Crippen LogP contribution in [0.5, 0.6) is 0 Å². The molecule has 0 unspecified atom stereocenters. The van der Waals surface area contributed by atoms with E-state index in [4.69, 9.17) is 0 Å². The summed E-state index contributed by atoms with van der Waals surface area (Å²) in [5.74, 6) is -0.0139. The number of hydrogen-bond acceptors (Lipinski definition) is 2. The zero-order valence-electron chi connectivity index (χ0n) is 11.5. The molecule has 1 N–H and O–H groups in total. The topological polar surface area (TPSA) is 46.4 Å². The second-order valence-corrected chi connectivity index (χ2v) is 6.16. The molecule has 5 heteroatoms. The van der Waals surface area contributed by atoms with Gasteiger partial charge in [0.15, 0.2) is 5.65 Å². The van der Waals surface area contributed by atoms with Crippen molar-refractivity contribution in [1.29, 1.82) is 0 Å². The summed E-state index contributed by atoms with van der Waals surface area (Å²) in [6.07, 6.45) is 7.80. The van der Waals surface area contributed by atoms with Crippen LogP contribution in [0.2, 0.25) is 0 Å². The Morgan fingerprint density at radius 1 is 1.40 bits per heavy atom. The predicted octanol–water partition coefficient (Wildman–Crippen LogP) is 3.47. The smallest absolute Gasteiger partial charge is 0.255 e. The molecular formula is C15H18BrN3O. The maximum absolute atomic E-state index is 12.5. The Balaban J connectivity index is 1.89. The maximum Gasteiger partial charge on any atom is 0.255 e. The Morgan fingerprint density at radius 2 is 2.15 bits per heavy atom. The van der Waals surface area contributed by atoms with Gasteiger partial charge in [-0.1, -0.05) is 19.3 Å². The molecule has 2 aromatic rings. The molecule has 4 nitrogen and oxygen atoms in total. The fraction of sp³-hybridized carbons (Fsp3) is 0.467. The molecule has 2 heterocycles. The molecule has 0 atom stereocenters.